The summed E-state index contributed by atoms with van der Waals surface area (Å²) in [5.41, 5.74) is 2.29. The number of rotatable bonds is 6. The Balaban J connectivity index is 1.35. The van der Waals surface area contributed by atoms with Crippen molar-refractivity contribution in [3.05, 3.63) is 76.4 Å². The molecule has 2 aromatic carbocycles. The van der Waals surface area contributed by atoms with Crippen LogP contribution in [0.15, 0.2) is 54.7 Å². The van der Waals surface area contributed by atoms with E-state index in [1.54, 1.807) is 18.3 Å². The number of halogens is 4. The van der Waals surface area contributed by atoms with Gasteiger partial charge in [-0.2, -0.15) is 13.2 Å². The predicted octanol–water partition coefficient (Wildman–Crippen LogP) is 5.76. The first-order chi connectivity index (χ1) is 17.8. The summed E-state index contributed by atoms with van der Waals surface area (Å²) in [6.07, 6.45) is -0.733. The fraction of sp³-hybridized carbons (Fsp3) is 0.333. The molecule has 6 nitrogen and oxygen atoms in total. The second-order valence-electron chi connectivity index (χ2n) is 9.16. The van der Waals surface area contributed by atoms with Crippen molar-refractivity contribution in [3.63, 3.8) is 0 Å². The Morgan fingerprint density at radius 2 is 1.97 bits per heavy atom. The summed E-state index contributed by atoms with van der Waals surface area (Å²) in [6.45, 7) is 2.32. The van der Waals surface area contributed by atoms with Crippen molar-refractivity contribution in [2.45, 2.75) is 31.7 Å². The Morgan fingerprint density at radius 1 is 1.16 bits per heavy atom. The zero-order chi connectivity index (χ0) is 26.0. The molecule has 2 N–H and O–H groups in total. The Morgan fingerprint density at radius 3 is 2.70 bits per heavy atom. The number of hydrogen-bond acceptors (Lipinski definition) is 5. The lowest BCUT2D eigenvalue weighted by molar-refractivity contribution is -0.138. The van der Waals surface area contributed by atoms with Crippen molar-refractivity contribution in [2.75, 3.05) is 36.5 Å². The Hall–Kier alpha value is -3.30. The fourth-order valence-electron chi connectivity index (χ4n) is 4.69. The van der Waals surface area contributed by atoms with Gasteiger partial charge in [-0.05, 0) is 60.4 Å². The van der Waals surface area contributed by atoms with Gasteiger partial charge in [0.15, 0.2) is 0 Å². The minimum atomic E-state index is -4.48. The Bertz CT molecular complexity index is 1280. The van der Waals surface area contributed by atoms with Gasteiger partial charge >= 0.3 is 6.18 Å². The largest absolute Gasteiger partial charge is 0.416 e. The third-order valence-electron chi connectivity index (χ3n) is 6.61. The molecule has 1 unspecified atom stereocenters. The highest BCUT2D eigenvalue weighted by Gasteiger charge is 2.34. The van der Waals surface area contributed by atoms with E-state index in [4.69, 9.17) is 16.3 Å². The maximum atomic E-state index is 13.6. The number of carbonyl (C=O) groups excluding carboxylic acids is 1. The number of benzene rings is 2. The molecule has 10 heteroatoms. The van der Waals surface area contributed by atoms with Gasteiger partial charge in [-0.25, -0.2) is 4.98 Å². The highest BCUT2D eigenvalue weighted by atomic mass is 35.5. The van der Waals surface area contributed by atoms with E-state index in [0.717, 1.165) is 36.6 Å². The van der Waals surface area contributed by atoms with Crippen LogP contribution in [-0.4, -0.2) is 43.2 Å². The third kappa shape index (κ3) is 5.83. The molecule has 1 saturated heterocycles. The molecule has 37 heavy (non-hydrogen) atoms. The van der Waals surface area contributed by atoms with E-state index in [1.165, 1.54) is 12.1 Å². The number of nitrogens with zero attached hydrogens (tertiary/aromatic N) is 2. The zero-order valence-corrected chi connectivity index (χ0v) is 20.7. The number of alkyl halides is 3. The molecule has 3 heterocycles. The van der Waals surface area contributed by atoms with Gasteiger partial charge in [0.2, 0.25) is 0 Å². The van der Waals surface area contributed by atoms with Crippen molar-refractivity contribution in [1.82, 2.24) is 10.3 Å². The lowest BCUT2D eigenvalue weighted by Gasteiger charge is -2.32. The first-order valence-electron chi connectivity index (χ1n) is 12.1. The van der Waals surface area contributed by atoms with Gasteiger partial charge in [0.25, 0.3) is 5.91 Å². The minimum absolute atomic E-state index is 0.0407. The van der Waals surface area contributed by atoms with Crippen molar-refractivity contribution in [3.8, 4) is 11.1 Å². The monoisotopic (exact) mass is 530 g/mol. The number of hydrogen-bond donors (Lipinski definition) is 2. The maximum absolute atomic E-state index is 13.6. The van der Waals surface area contributed by atoms with Gasteiger partial charge in [-0.15, -0.1) is 0 Å². The quantitative estimate of drug-likeness (QED) is 0.424. The second-order valence-corrected chi connectivity index (χ2v) is 9.60. The number of ether oxygens (including phenoxy) is 1. The van der Waals surface area contributed by atoms with Crippen LogP contribution in [-0.2, 0) is 17.5 Å². The molecular weight excluding hydrogens is 505 g/mol. The molecule has 194 valence electrons. The molecule has 0 aliphatic carbocycles. The minimum Gasteiger partial charge on any atom is -0.376 e. The molecule has 1 aromatic heterocycles. The van der Waals surface area contributed by atoms with E-state index in [-0.39, 0.29) is 29.1 Å². The van der Waals surface area contributed by atoms with Crippen molar-refractivity contribution >= 4 is 29.0 Å². The molecular formula is C27H26ClF3N4O2. The summed E-state index contributed by atoms with van der Waals surface area (Å²) < 4.78 is 46.4. The Labute approximate surface area is 217 Å². The van der Waals surface area contributed by atoms with Gasteiger partial charge in [0, 0.05) is 55.1 Å². The van der Waals surface area contributed by atoms with Gasteiger partial charge in [0.1, 0.15) is 5.82 Å². The summed E-state index contributed by atoms with van der Waals surface area (Å²) in [7, 11) is 0. The standard InChI is InChI=1S/C27H26ClF3N4O2/c28-21-7-8-23(27(29,30)31)20(12-21)16-35-10-9-32-25-24(35)13-19(14-33-25)17-3-5-18(6-4-17)26(36)34-15-22-2-1-11-37-22/h3-8,12-14,22H,1-2,9-11,15-16H2,(H,32,33)(H,34,36). The molecule has 1 amide bonds. The predicted molar refractivity (Wildman–Crippen MR) is 137 cm³/mol. The molecule has 1 atom stereocenters. The maximum Gasteiger partial charge on any atom is 0.416 e. The average molecular weight is 531 g/mol. The number of amides is 1. The van der Waals surface area contributed by atoms with Crippen LogP contribution in [0.3, 0.4) is 0 Å². The third-order valence-corrected chi connectivity index (χ3v) is 6.85. The van der Waals surface area contributed by atoms with E-state index >= 15 is 0 Å². The highest BCUT2D eigenvalue weighted by molar-refractivity contribution is 6.30. The van der Waals surface area contributed by atoms with Gasteiger partial charge in [-0.3, -0.25) is 4.79 Å². The molecule has 0 spiro atoms. The molecule has 0 radical (unpaired) electrons. The lowest BCUT2D eigenvalue weighted by atomic mass is 10.0. The number of aromatic nitrogens is 1. The van der Waals surface area contributed by atoms with Crippen LogP contribution in [0, 0.1) is 0 Å². The van der Waals surface area contributed by atoms with E-state index < -0.39 is 11.7 Å². The average Bonchev–Trinajstić information content (AvgIpc) is 3.40. The van der Waals surface area contributed by atoms with Crippen LogP contribution >= 0.6 is 11.6 Å². The van der Waals surface area contributed by atoms with E-state index in [1.807, 2.05) is 23.1 Å². The zero-order valence-electron chi connectivity index (χ0n) is 19.9. The highest BCUT2D eigenvalue weighted by Crippen LogP contribution is 2.37. The van der Waals surface area contributed by atoms with Crippen molar-refractivity contribution < 1.29 is 22.7 Å². The molecule has 5 rings (SSSR count). The number of anilines is 2. The molecule has 1 fully saturated rings. The van der Waals surface area contributed by atoms with E-state index in [0.29, 0.717) is 36.7 Å². The van der Waals surface area contributed by atoms with Crippen LogP contribution < -0.4 is 15.5 Å². The normalized spacial score (nSPS) is 17.3. The van der Waals surface area contributed by atoms with Crippen LogP contribution in [0.2, 0.25) is 5.02 Å². The van der Waals surface area contributed by atoms with Crippen LogP contribution in [0.4, 0.5) is 24.7 Å². The summed E-state index contributed by atoms with van der Waals surface area (Å²) in [4.78, 5) is 18.9. The Kier molecular flexibility index (Phi) is 7.26. The second kappa shape index (κ2) is 10.6. The summed E-state index contributed by atoms with van der Waals surface area (Å²) in [5.74, 6) is 0.443. The number of fused-ring (bicyclic) bond motifs is 1. The van der Waals surface area contributed by atoms with Gasteiger partial charge < -0.3 is 20.3 Å². The topological polar surface area (TPSA) is 66.5 Å². The summed E-state index contributed by atoms with van der Waals surface area (Å²) in [5, 5.41) is 6.37. The SMILES string of the molecule is O=C(NCC1CCCO1)c1ccc(-c2cnc3c(c2)N(Cc2cc(Cl)ccc2C(F)(F)F)CCN3)cc1. The number of nitrogens with one attached hydrogen (secondary N) is 2. The van der Waals surface area contributed by atoms with Crippen molar-refractivity contribution in [2.24, 2.45) is 0 Å². The van der Waals surface area contributed by atoms with E-state index in [2.05, 4.69) is 15.6 Å². The lowest BCUT2D eigenvalue weighted by Crippen LogP contribution is -2.34. The van der Waals surface area contributed by atoms with Gasteiger partial charge in [-0.1, -0.05) is 23.7 Å². The van der Waals surface area contributed by atoms with Gasteiger partial charge in [0.05, 0.1) is 17.4 Å². The first-order valence-corrected chi connectivity index (χ1v) is 12.5. The summed E-state index contributed by atoms with van der Waals surface area (Å²) in [6, 6.07) is 12.7. The molecule has 2 aliphatic heterocycles. The molecule has 0 saturated carbocycles. The smallest absolute Gasteiger partial charge is 0.376 e. The molecule has 3 aromatic rings. The first kappa shape index (κ1) is 25.4. The van der Waals surface area contributed by atoms with Crippen LogP contribution in [0.1, 0.15) is 34.3 Å². The fourth-order valence-corrected chi connectivity index (χ4v) is 4.88. The van der Waals surface area contributed by atoms with Crippen LogP contribution in [0.5, 0.6) is 0 Å². The number of pyridine rings is 1. The van der Waals surface area contributed by atoms with E-state index in [9.17, 15) is 18.0 Å². The van der Waals surface area contributed by atoms with Crippen molar-refractivity contribution in [1.29, 1.82) is 0 Å². The number of carbonyl (C=O) groups is 1. The molecule has 0 bridgehead atoms. The van der Waals surface area contributed by atoms with Crippen LogP contribution in [0.25, 0.3) is 11.1 Å². The summed E-state index contributed by atoms with van der Waals surface area (Å²) >= 11 is 6.03. The molecule has 2 aliphatic rings.